The number of ether oxygens (including phenoxy) is 4. The predicted molar refractivity (Wildman–Crippen MR) is 275 cm³/mol. The normalized spacial score (nSPS) is 19.5. The maximum absolute atomic E-state index is 12.9. The largest absolute Gasteiger partial charge is 0.462 e. The summed E-state index contributed by atoms with van der Waals surface area (Å²) in [6.07, 6.45) is 45.9. The van der Waals surface area contributed by atoms with E-state index in [4.69, 9.17) is 18.9 Å². The van der Waals surface area contributed by atoms with Crippen molar-refractivity contribution in [2.45, 2.75) is 269 Å². The standard InChI is InChI=1S/C55H98O12S/c1-3-5-7-9-11-13-15-17-19-21-23-24-26-27-29-31-33-35-37-39-41-43-50(56)64-45-48(46-65-55-54(60)53(59)52(58)49(67-55)47-68(61,62)63)66-51(57)44-42-40-38-36-34-32-30-28-25-22-20-18-16-14-12-10-8-6-4-2/h19,21,24,26,29,31,35,37,48-49,52-55,58-60H,3-18,20,22-23,25,27-28,30,32-34,36,38-47H2,1-2H3,(H,61,62,63)/b21-19+,26-24+,31-29+,37-35+/t48-,49-,52-,53?,54?,55+/m1/s1. The summed E-state index contributed by atoms with van der Waals surface area (Å²) < 4.78 is 54.2. The number of hydrogen-bond acceptors (Lipinski definition) is 11. The van der Waals surface area contributed by atoms with Crippen molar-refractivity contribution in [2.24, 2.45) is 0 Å². The molecule has 0 aromatic heterocycles. The summed E-state index contributed by atoms with van der Waals surface area (Å²) in [7, 11) is -4.61. The van der Waals surface area contributed by atoms with Crippen LogP contribution in [0, 0.1) is 0 Å². The van der Waals surface area contributed by atoms with Crippen LogP contribution >= 0.6 is 0 Å². The van der Waals surface area contributed by atoms with Gasteiger partial charge in [-0.2, -0.15) is 8.42 Å². The topological polar surface area (TPSA) is 186 Å². The second-order valence-electron chi connectivity index (χ2n) is 18.9. The van der Waals surface area contributed by atoms with E-state index < -0.39 is 71.2 Å². The van der Waals surface area contributed by atoms with E-state index in [9.17, 15) is 37.9 Å². The van der Waals surface area contributed by atoms with Crippen molar-refractivity contribution in [3.05, 3.63) is 48.6 Å². The molecule has 2 unspecified atom stereocenters. The maximum atomic E-state index is 12.9. The fourth-order valence-corrected chi connectivity index (χ4v) is 8.89. The third-order valence-electron chi connectivity index (χ3n) is 12.4. The highest BCUT2D eigenvalue weighted by atomic mass is 32.2. The fraction of sp³-hybridized carbons (Fsp3) is 0.818. The van der Waals surface area contributed by atoms with Crippen molar-refractivity contribution >= 4 is 22.1 Å². The van der Waals surface area contributed by atoms with E-state index in [1.165, 1.54) is 148 Å². The lowest BCUT2D eigenvalue weighted by atomic mass is 10.00. The SMILES string of the molecule is CCCCCCCCC/C=C/C/C=C/C/C=C/C/C=C/CCCC(=O)OC[C@H](CO[C@H]1O[C@H](CS(=O)(=O)O)[C@@H](O)C(O)C1O)OC(=O)CCCCCCCCCCCCCCCCCCCCC. The van der Waals surface area contributed by atoms with Crippen molar-refractivity contribution in [3.63, 3.8) is 0 Å². The van der Waals surface area contributed by atoms with Crippen LogP contribution in [0.25, 0.3) is 0 Å². The Morgan fingerprint density at radius 2 is 0.897 bits per heavy atom. The summed E-state index contributed by atoms with van der Waals surface area (Å²) >= 11 is 0. The second kappa shape index (κ2) is 44.5. The number of hydrogen-bond donors (Lipinski definition) is 4. The molecule has 396 valence electrons. The lowest BCUT2D eigenvalue weighted by Gasteiger charge is -2.40. The van der Waals surface area contributed by atoms with Gasteiger partial charge in [0.2, 0.25) is 0 Å². The van der Waals surface area contributed by atoms with Crippen molar-refractivity contribution in [2.75, 3.05) is 19.0 Å². The van der Waals surface area contributed by atoms with Gasteiger partial charge in [0, 0.05) is 12.8 Å². The molecule has 6 atom stereocenters. The van der Waals surface area contributed by atoms with Gasteiger partial charge in [0.15, 0.2) is 12.4 Å². The van der Waals surface area contributed by atoms with E-state index in [1.54, 1.807) is 0 Å². The highest BCUT2D eigenvalue weighted by Crippen LogP contribution is 2.24. The van der Waals surface area contributed by atoms with Gasteiger partial charge < -0.3 is 34.3 Å². The number of aliphatic hydroxyl groups is 3. The van der Waals surface area contributed by atoms with Crippen LogP contribution in [-0.4, -0.2) is 96.0 Å². The molecule has 0 aromatic carbocycles. The van der Waals surface area contributed by atoms with E-state index >= 15 is 0 Å². The Labute approximate surface area is 413 Å². The molecule has 1 heterocycles. The van der Waals surface area contributed by atoms with E-state index in [1.807, 2.05) is 6.08 Å². The molecule has 68 heavy (non-hydrogen) atoms. The number of allylic oxidation sites excluding steroid dienone is 8. The van der Waals surface area contributed by atoms with Gasteiger partial charge in [0.05, 0.1) is 6.61 Å². The van der Waals surface area contributed by atoms with Crippen LogP contribution in [-0.2, 0) is 38.7 Å². The molecule has 1 rings (SSSR count). The summed E-state index contributed by atoms with van der Waals surface area (Å²) in [5.41, 5.74) is 0. The molecule has 0 radical (unpaired) electrons. The summed E-state index contributed by atoms with van der Waals surface area (Å²) in [4.78, 5) is 25.5. The van der Waals surface area contributed by atoms with Gasteiger partial charge in [0.25, 0.3) is 10.1 Å². The lowest BCUT2D eigenvalue weighted by Crippen LogP contribution is -2.60. The first-order valence-corrected chi connectivity index (χ1v) is 28.8. The van der Waals surface area contributed by atoms with Crippen molar-refractivity contribution in [3.8, 4) is 0 Å². The third kappa shape index (κ3) is 38.4. The Kier molecular flexibility index (Phi) is 41.7. The number of carbonyl (C=O) groups is 2. The summed E-state index contributed by atoms with van der Waals surface area (Å²) in [6, 6.07) is 0. The summed E-state index contributed by atoms with van der Waals surface area (Å²) in [6.45, 7) is 3.75. The van der Waals surface area contributed by atoms with Crippen LogP contribution in [0.2, 0.25) is 0 Å². The molecular formula is C55H98O12S. The number of rotatable bonds is 46. The average Bonchev–Trinajstić information content (AvgIpc) is 3.31. The molecule has 1 aliphatic heterocycles. The molecule has 13 heteroatoms. The van der Waals surface area contributed by atoms with Crippen LogP contribution in [0.1, 0.15) is 232 Å². The zero-order valence-electron chi connectivity index (χ0n) is 42.7. The number of esters is 2. The number of unbranched alkanes of at least 4 members (excludes halogenated alkanes) is 26. The molecule has 0 aromatic rings. The molecule has 1 saturated heterocycles. The Bertz CT molecular complexity index is 1430. The average molecular weight is 983 g/mol. The highest BCUT2D eigenvalue weighted by Gasteiger charge is 2.46. The van der Waals surface area contributed by atoms with Crippen LogP contribution in [0.3, 0.4) is 0 Å². The Balaban J connectivity index is 2.39. The maximum Gasteiger partial charge on any atom is 0.306 e. The van der Waals surface area contributed by atoms with Gasteiger partial charge in [-0.3, -0.25) is 14.1 Å². The van der Waals surface area contributed by atoms with E-state index in [-0.39, 0.29) is 19.4 Å². The van der Waals surface area contributed by atoms with Gasteiger partial charge in [-0.25, -0.2) is 0 Å². The fourth-order valence-electron chi connectivity index (χ4n) is 8.20. The third-order valence-corrected chi connectivity index (χ3v) is 13.2. The Hall–Kier alpha value is -2.39. The van der Waals surface area contributed by atoms with Crippen LogP contribution < -0.4 is 0 Å². The quantitative estimate of drug-likeness (QED) is 0.0196. The minimum atomic E-state index is -4.61. The molecule has 0 bridgehead atoms. The molecular weight excluding hydrogens is 885 g/mol. The van der Waals surface area contributed by atoms with Gasteiger partial charge in [-0.05, 0) is 51.4 Å². The smallest absolute Gasteiger partial charge is 0.306 e. The molecule has 0 amide bonds. The van der Waals surface area contributed by atoms with Crippen molar-refractivity contribution < 1.29 is 56.8 Å². The first kappa shape index (κ1) is 63.6. The minimum Gasteiger partial charge on any atom is -0.462 e. The second-order valence-corrected chi connectivity index (χ2v) is 20.4. The molecule has 12 nitrogen and oxygen atoms in total. The zero-order valence-corrected chi connectivity index (χ0v) is 43.5. The van der Waals surface area contributed by atoms with Crippen molar-refractivity contribution in [1.82, 2.24) is 0 Å². The van der Waals surface area contributed by atoms with Gasteiger partial charge in [-0.15, -0.1) is 0 Å². The van der Waals surface area contributed by atoms with Crippen LogP contribution in [0.15, 0.2) is 48.6 Å². The molecule has 0 saturated carbocycles. The Morgan fingerprint density at radius 3 is 1.35 bits per heavy atom. The number of aliphatic hydroxyl groups excluding tert-OH is 3. The van der Waals surface area contributed by atoms with E-state index in [2.05, 4.69) is 56.4 Å². The highest BCUT2D eigenvalue weighted by molar-refractivity contribution is 7.85. The van der Waals surface area contributed by atoms with Gasteiger partial charge in [-0.1, -0.05) is 217 Å². The van der Waals surface area contributed by atoms with E-state index in [0.717, 1.165) is 38.5 Å². The summed E-state index contributed by atoms with van der Waals surface area (Å²) in [5, 5.41) is 31.0. The monoisotopic (exact) mass is 983 g/mol. The van der Waals surface area contributed by atoms with Gasteiger partial charge in [0.1, 0.15) is 36.8 Å². The minimum absolute atomic E-state index is 0.144. The zero-order chi connectivity index (χ0) is 49.8. The first-order valence-electron chi connectivity index (χ1n) is 27.2. The molecule has 4 N–H and O–H groups in total. The Morgan fingerprint density at radius 1 is 0.500 bits per heavy atom. The molecule has 1 fully saturated rings. The lowest BCUT2D eigenvalue weighted by molar-refractivity contribution is -0.297. The predicted octanol–water partition coefficient (Wildman–Crippen LogP) is 12.7. The first-order chi connectivity index (χ1) is 33.0. The van der Waals surface area contributed by atoms with Gasteiger partial charge >= 0.3 is 11.9 Å². The van der Waals surface area contributed by atoms with Crippen LogP contribution in [0.4, 0.5) is 0 Å². The number of carbonyl (C=O) groups excluding carboxylic acids is 2. The van der Waals surface area contributed by atoms with Crippen molar-refractivity contribution in [1.29, 1.82) is 0 Å². The van der Waals surface area contributed by atoms with E-state index in [0.29, 0.717) is 19.3 Å². The molecule has 1 aliphatic rings. The molecule has 0 aliphatic carbocycles. The molecule has 0 spiro atoms. The summed E-state index contributed by atoms with van der Waals surface area (Å²) in [5.74, 6) is -2.05. The van der Waals surface area contributed by atoms with Crippen LogP contribution in [0.5, 0.6) is 0 Å².